The summed E-state index contributed by atoms with van der Waals surface area (Å²) in [4.78, 5) is 10.9. The van der Waals surface area contributed by atoms with Gasteiger partial charge in [0.1, 0.15) is 0 Å². The molecule has 0 aromatic heterocycles. The first-order valence-electron chi connectivity index (χ1n) is 6.47. The number of sulfonamides is 1. The minimum Gasteiger partial charge on any atom is -0.326 e. The van der Waals surface area contributed by atoms with E-state index in [2.05, 4.69) is 10.0 Å². The first-order valence-corrected chi connectivity index (χ1v) is 8.50. The number of halogens is 1. The van der Waals surface area contributed by atoms with E-state index in [0.717, 1.165) is 0 Å². The summed E-state index contributed by atoms with van der Waals surface area (Å²) in [5.74, 6) is -0.396. The van der Waals surface area contributed by atoms with Crippen molar-refractivity contribution < 1.29 is 13.2 Å². The van der Waals surface area contributed by atoms with Crippen molar-refractivity contribution >= 4 is 38.9 Å². The Morgan fingerprint density at radius 2 is 1.64 bits per heavy atom. The summed E-state index contributed by atoms with van der Waals surface area (Å²) in [5, 5.41) is 3.02. The van der Waals surface area contributed by atoms with E-state index in [1.807, 2.05) is 0 Å². The van der Waals surface area contributed by atoms with Crippen molar-refractivity contribution in [2.45, 2.75) is 12.7 Å². The van der Waals surface area contributed by atoms with Gasteiger partial charge in [0, 0.05) is 23.3 Å². The van der Waals surface area contributed by atoms with E-state index < -0.39 is 10.0 Å². The van der Waals surface area contributed by atoms with Crippen molar-refractivity contribution in [1.29, 1.82) is 0 Å². The van der Waals surface area contributed by atoms with Crippen molar-refractivity contribution in [1.82, 2.24) is 0 Å². The lowest BCUT2D eigenvalue weighted by atomic mass is 10.2. The fraction of sp³-hybridized carbons (Fsp3) is 0.133. The molecule has 0 heterocycles. The molecule has 0 atom stereocenters. The van der Waals surface area contributed by atoms with Gasteiger partial charge in [-0.2, -0.15) is 0 Å². The van der Waals surface area contributed by atoms with Gasteiger partial charge in [0.05, 0.1) is 5.75 Å². The number of hydrogen-bond donors (Lipinski definition) is 2. The number of benzene rings is 2. The molecule has 116 valence electrons. The quantitative estimate of drug-likeness (QED) is 0.878. The molecule has 0 aliphatic heterocycles. The Morgan fingerprint density at radius 1 is 1.05 bits per heavy atom. The summed E-state index contributed by atoms with van der Waals surface area (Å²) in [7, 11) is -3.57. The van der Waals surface area contributed by atoms with Gasteiger partial charge in [-0.3, -0.25) is 9.52 Å². The van der Waals surface area contributed by atoms with Crippen LogP contribution in [0.15, 0.2) is 48.5 Å². The van der Waals surface area contributed by atoms with Gasteiger partial charge >= 0.3 is 0 Å². The van der Waals surface area contributed by atoms with E-state index in [9.17, 15) is 13.2 Å². The van der Waals surface area contributed by atoms with Crippen LogP contribution in [0.5, 0.6) is 0 Å². The minimum absolute atomic E-state index is 0.188. The number of rotatable bonds is 5. The third kappa shape index (κ3) is 4.75. The highest BCUT2D eigenvalue weighted by Gasteiger charge is 2.13. The zero-order valence-corrected chi connectivity index (χ0v) is 13.4. The second-order valence-corrected chi connectivity index (χ2v) is 6.84. The molecule has 22 heavy (non-hydrogen) atoms. The van der Waals surface area contributed by atoms with E-state index in [0.29, 0.717) is 22.0 Å². The fourth-order valence-corrected chi connectivity index (χ4v) is 3.37. The predicted molar refractivity (Wildman–Crippen MR) is 88.4 cm³/mol. The average molecular weight is 339 g/mol. The molecule has 5 nitrogen and oxygen atoms in total. The maximum absolute atomic E-state index is 12.1. The van der Waals surface area contributed by atoms with Crippen molar-refractivity contribution in [3.63, 3.8) is 0 Å². The van der Waals surface area contributed by atoms with Crippen LogP contribution in [0.4, 0.5) is 11.4 Å². The Morgan fingerprint density at radius 3 is 2.23 bits per heavy atom. The van der Waals surface area contributed by atoms with Gasteiger partial charge in [-0.1, -0.05) is 29.8 Å². The van der Waals surface area contributed by atoms with Crippen molar-refractivity contribution in [3.05, 3.63) is 59.1 Å². The van der Waals surface area contributed by atoms with Crippen LogP contribution in [-0.4, -0.2) is 14.3 Å². The Bertz CT molecular complexity index is 774. The summed E-state index contributed by atoms with van der Waals surface area (Å²) in [6.07, 6.45) is 0. The molecule has 0 spiro atoms. The standard InChI is InChI=1S/C15H15ClN2O3S/c1-11(19)17-13-6-8-14(9-7-13)18-22(20,21)10-12-4-2-3-5-15(12)16/h2-9,18H,10H2,1H3,(H,17,19). The van der Waals surface area contributed by atoms with Gasteiger partial charge < -0.3 is 5.32 Å². The van der Waals surface area contributed by atoms with E-state index in [1.54, 1.807) is 48.5 Å². The van der Waals surface area contributed by atoms with Crippen LogP contribution in [0, 0.1) is 0 Å². The molecule has 2 aromatic rings. The number of carbonyl (C=O) groups excluding carboxylic acids is 1. The summed E-state index contributed by atoms with van der Waals surface area (Å²) in [6, 6.07) is 13.2. The van der Waals surface area contributed by atoms with Crippen LogP contribution < -0.4 is 10.0 Å². The highest BCUT2D eigenvalue weighted by molar-refractivity contribution is 7.91. The van der Waals surface area contributed by atoms with Crippen LogP contribution in [0.3, 0.4) is 0 Å². The second-order valence-electron chi connectivity index (χ2n) is 4.71. The van der Waals surface area contributed by atoms with Gasteiger partial charge in [0.2, 0.25) is 15.9 Å². The van der Waals surface area contributed by atoms with Gasteiger partial charge in [-0.05, 0) is 35.9 Å². The largest absolute Gasteiger partial charge is 0.326 e. The molecule has 0 bridgehead atoms. The van der Waals surface area contributed by atoms with Gasteiger partial charge in [0.15, 0.2) is 0 Å². The lowest BCUT2D eigenvalue weighted by Gasteiger charge is -2.10. The van der Waals surface area contributed by atoms with Crippen LogP contribution >= 0.6 is 11.6 Å². The molecule has 0 unspecified atom stereocenters. The van der Waals surface area contributed by atoms with Crippen LogP contribution in [0.1, 0.15) is 12.5 Å². The lowest BCUT2D eigenvalue weighted by molar-refractivity contribution is -0.114. The molecule has 0 radical (unpaired) electrons. The van der Waals surface area contributed by atoms with E-state index in [-0.39, 0.29) is 11.7 Å². The average Bonchev–Trinajstić information content (AvgIpc) is 2.42. The second kappa shape index (κ2) is 6.81. The Kier molecular flexibility index (Phi) is 5.05. The molecule has 1 amide bonds. The van der Waals surface area contributed by atoms with Gasteiger partial charge in [-0.25, -0.2) is 8.42 Å². The molecule has 2 N–H and O–H groups in total. The van der Waals surface area contributed by atoms with Gasteiger partial charge in [0.25, 0.3) is 0 Å². The molecule has 0 aliphatic rings. The monoisotopic (exact) mass is 338 g/mol. The highest BCUT2D eigenvalue weighted by Crippen LogP contribution is 2.20. The molecule has 0 saturated heterocycles. The first-order chi connectivity index (χ1) is 10.4. The number of anilines is 2. The molecule has 2 rings (SSSR count). The third-order valence-corrected chi connectivity index (χ3v) is 4.39. The third-order valence-electron chi connectivity index (χ3n) is 2.78. The number of hydrogen-bond acceptors (Lipinski definition) is 3. The van der Waals surface area contributed by atoms with Crippen LogP contribution in [0.25, 0.3) is 0 Å². The van der Waals surface area contributed by atoms with Crippen LogP contribution in [-0.2, 0) is 20.6 Å². The van der Waals surface area contributed by atoms with Crippen LogP contribution in [0.2, 0.25) is 5.02 Å². The molecular formula is C15H15ClN2O3S. The van der Waals surface area contributed by atoms with Gasteiger partial charge in [-0.15, -0.1) is 0 Å². The predicted octanol–water partition coefficient (Wildman–Crippen LogP) is 3.24. The molecule has 0 aliphatic carbocycles. The van der Waals surface area contributed by atoms with Crippen molar-refractivity contribution in [2.24, 2.45) is 0 Å². The summed E-state index contributed by atoms with van der Waals surface area (Å²) >= 11 is 5.97. The summed E-state index contributed by atoms with van der Waals surface area (Å²) in [5.41, 5.74) is 1.55. The topological polar surface area (TPSA) is 75.3 Å². The van der Waals surface area contributed by atoms with E-state index in [4.69, 9.17) is 11.6 Å². The summed E-state index contributed by atoms with van der Waals surface area (Å²) < 4.78 is 26.8. The molecule has 7 heteroatoms. The molecule has 0 fully saturated rings. The smallest absolute Gasteiger partial charge is 0.236 e. The van der Waals surface area contributed by atoms with E-state index >= 15 is 0 Å². The van der Waals surface area contributed by atoms with Crippen molar-refractivity contribution in [2.75, 3.05) is 10.0 Å². The number of nitrogens with one attached hydrogen (secondary N) is 2. The Balaban J connectivity index is 2.09. The first kappa shape index (κ1) is 16.3. The lowest BCUT2D eigenvalue weighted by Crippen LogP contribution is -2.15. The minimum atomic E-state index is -3.57. The highest BCUT2D eigenvalue weighted by atomic mass is 35.5. The zero-order chi connectivity index (χ0) is 16.2. The zero-order valence-electron chi connectivity index (χ0n) is 11.8. The van der Waals surface area contributed by atoms with E-state index in [1.165, 1.54) is 6.92 Å². The molecule has 2 aromatic carbocycles. The maximum Gasteiger partial charge on any atom is 0.236 e. The number of carbonyl (C=O) groups is 1. The maximum atomic E-state index is 12.1. The number of amides is 1. The molecular weight excluding hydrogens is 324 g/mol. The summed E-state index contributed by atoms with van der Waals surface area (Å²) in [6.45, 7) is 1.40. The normalized spacial score (nSPS) is 11.0. The van der Waals surface area contributed by atoms with Crippen molar-refractivity contribution in [3.8, 4) is 0 Å². The SMILES string of the molecule is CC(=O)Nc1ccc(NS(=O)(=O)Cc2ccccc2Cl)cc1. The Hall–Kier alpha value is -2.05. The Labute approximate surface area is 134 Å². The molecule has 0 saturated carbocycles. The fourth-order valence-electron chi connectivity index (χ4n) is 1.86.